The molecule has 160 valence electrons. The lowest BCUT2D eigenvalue weighted by molar-refractivity contribution is -0.142. The van der Waals surface area contributed by atoms with Gasteiger partial charge in [-0.25, -0.2) is 14.6 Å². The van der Waals surface area contributed by atoms with E-state index in [2.05, 4.69) is 15.6 Å². The van der Waals surface area contributed by atoms with Crippen molar-refractivity contribution in [2.24, 2.45) is 5.92 Å². The highest BCUT2D eigenvalue weighted by Gasteiger charge is 2.29. The van der Waals surface area contributed by atoms with Crippen molar-refractivity contribution in [3.63, 3.8) is 0 Å². The number of pyridine rings is 1. The third kappa shape index (κ3) is 7.36. The topological polar surface area (TPSA) is 118 Å². The van der Waals surface area contributed by atoms with Crippen LogP contribution in [0.5, 0.6) is 0 Å². The summed E-state index contributed by atoms with van der Waals surface area (Å²) >= 11 is 5.74. The Bertz CT molecular complexity index is 859. The largest absolute Gasteiger partial charge is 0.480 e. The Morgan fingerprint density at radius 2 is 1.77 bits per heavy atom. The molecule has 1 aromatic carbocycles. The zero-order valence-electron chi connectivity index (χ0n) is 16.7. The first-order valence-corrected chi connectivity index (χ1v) is 9.75. The molecule has 2 aromatic rings. The number of halogens is 1. The zero-order chi connectivity index (χ0) is 22.1. The molecule has 9 heteroatoms. The normalized spacial score (nSPS) is 12.7. The number of carbonyl (C=O) groups excluding carboxylic acids is 2. The molecular weight excluding hydrogens is 410 g/mol. The van der Waals surface area contributed by atoms with Gasteiger partial charge in [-0.2, -0.15) is 0 Å². The highest BCUT2D eigenvalue weighted by molar-refractivity contribution is 6.29. The van der Waals surface area contributed by atoms with Gasteiger partial charge in [-0.15, -0.1) is 0 Å². The fourth-order valence-electron chi connectivity index (χ4n) is 2.65. The molecule has 0 bridgehead atoms. The molecule has 0 spiro atoms. The highest BCUT2D eigenvalue weighted by Crippen LogP contribution is 2.09. The quantitative estimate of drug-likeness (QED) is 0.523. The van der Waals surface area contributed by atoms with Gasteiger partial charge in [0.05, 0.1) is 0 Å². The summed E-state index contributed by atoms with van der Waals surface area (Å²) in [5, 5.41) is 14.7. The number of carbonyl (C=O) groups is 3. The number of alkyl carbamates (subject to hydrolysis) is 1. The van der Waals surface area contributed by atoms with Crippen molar-refractivity contribution in [3.8, 4) is 0 Å². The van der Waals surface area contributed by atoms with Crippen LogP contribution in [0.2, 0.25) is 5.15 Å². The lowest BCUT2D eigenvalue weighted by atomic mass is 10.0. The van der Waals surface area contributed by atoms with Crippen LogP contribution in [-0.2, 0) is 27.4 Å². The van der Waals surface area contributed by atoms with Crippen molar-refractivity contribution in [2.45, 2.75) is 39.0 Å². The second-order valence-corrected chi connectivity index (χ2v) is 7.41. The van der Waals surface area contributed by atoms with Crippen molar-refractivity contribution in [1.29, 1.82) is 0 Å². The summed E-state index contributed by atoms with van der Waals surface area (Å²) in [6.07, 6.45) is 0.708. The summed E-state index contributed by atoms with van der Waals surface area (Å²) in [6.45, 7) is 3.53. The third-order valence-corrected chi connectivity index (χ3v) is 4.50. The van der Waals surface area contributed by atoms with Crippen molar-refractivity contribution in [2.75, 3.05) is 0 Å². The molecule has 0 saturated heterocycles. The number of hydrogen-bond donors (Lipinski definition) is 3. The minimum Gasteiger partial charge on any atom is -0.480 e. The minimum atomic E-state index is -1.20. The first kappa shape index (κ1) is 23.2. The molecule has 30 heavy (non-hydrogen) atoms. The van der Waals surface area contributed by atoms with Crippen LogP contribution in [0.1, 0.15) is 25.0 Å². The standard InChI is InChI=1S/C21H24ClN3O5/c1-13(2)18(25-21(29)30-12-14-6-4-3-5-7-14)19(26)24-16(20(27)28)10-15-8-9-17(22)23-11-15/h3-9,11,13,16,18H,10,12H2,1-2H3,(H,24,26)(H,25,29)(H,27,28)/t16-,18+/m0/s1. The first-order valence-electron chi connectivity index (χ1n) is 9.37. The molecule has 0 saturated carbocycles. The van der Waals surface area contributed by atoms with Gasteiger partial charge < -0.3 is 20.5 Å². The van der Waals surface area contributed by atoms with Crippen LogP contribution in [0.3, 0.4) is 0 Å². The molecule has 1 heterocycles. The van der Waals surface area contributed by atoms with E-state index in [1.807, 2.05) is 30.3 Å². The fourth-order valence-corrected chi connectivity index (χ4v) is 2.76. The Balaban J connectivity index is 1.97. The molecule has 2 amide bonds. The van der Waals surface area contributed by atoms with Gasteiger partial charge in [-0.05, 0) is 23.1 Å². The predicted molar refractivity (Wildman–Crippen MR) is 111 cm³/mol. The van der Waals surface area contributed by atoms with E-state index in [9.17, 15) is 19.5 Å². The van der Waals surface area contributed by atoms with E-state index in [0.717, 1.165) is 5.56 Å². The number of nitrogens with one attached hydrogen (secondary N) is 2. The SMILES string of the molecule is CC(C)[C@@H](NC(=O)OCc1ccccc1)C(=O)N[C@@H](Cc1ccc(Cl)nc1)C(=O)O. The molecule has 8 nitrogen and oxygen atoms in total. The summed E-state index contributed by atoms with van der Waals surface area (Å²) in [4.78, 5) is 40.3. The van der Waals surface area contributed by atoms with Crippen LogP contribution in [0.4, 0.5) is 4.79 Å². The van der Waals surface area contributed by atoms with Crippen LogP contribution in [0, 0.1) is 5.92 Å². The van der Waals surface area contributed by atoms with E-state index >= 15 is 0 Å². The number of benzene rings is 1. The second-order valence-electron chi connectivity index (χ2n) is 7.02. The molecule has 0 fully saturated rings. The summed E-state index contributed by atoms with van der Waals surface area (Å²) in [5.41, 5.74) is 1.41. The fraction of sp³-hybridized carbons (Fsp3) is 0.333. The van der Waals surface area contributed by atoms with E-state index in [0.29, 0.717) is 5.56 Å². The maximum atomic E-state index is 12.7. The molecule has 1 aromatic heterocycles. The summed E-state index contributed by atoms with van der Waals surface area (Å²) in [6, 6.07) is 10.1. The maximum absolute atomic E-state index is 12.7. The van der Waals surface area contributed by atoms with Crippen LogP contribution in [-0.4, -0.2) is 40.1 Å². The molecule has 2 atom stereocenters. The Morgan fingerprint density at radius 3 is 2.33 bits per heavy atom. The molecule has 0 aliphatic heterocycles. The van der Waals surface area contributed by atoms with Gasteiger partial charge in [0.1, 0.15) is 23.8 Å². The molecule has 3 N–H and O–H groups in total. The van der Waals surface area contributed by atoms with E-state index in [1.165, 1.54) is 6.20 Å². The van der Waals surface area contributed by atoms with Crippen LogP contribution in [0.15, 0.2) is 48.7 Å². The summed E-state index contributed by atoms with van der Waals surface area (Å²) in [7, 11) is 0. The van der Waals surface area contributed by atoms with Gasteiger partial charge in [0.15, 0.2) is 0 Å². The number of aromatic nitrogens is 1. The molecule has 0 aliphatic rings. The van der Waals surface area contributed by atoms with E-state index in [1.54, 1.807) is 26.0 Å². The van der Waals surface area contributed by atoms with Gasteiger partial charge >= 0.3 is 12.1 Å². The number of aliphatic carboxylic acids is 1. The number of hydrogen-bond acceptors (Lipinski definition) is 5. The van der Waals surface area contributed by atoms with Gasteiger partial charge in [0.2, 0.25) is 5.91 Å². The van der Waals surface area contributed by atoms with Crippen molar-refractivity contribution < 1.29 is 24.2 Å². The molecule has 0 unspecified atom stereocenters. The molecule has 0 aliphatic carbocycles. The Hall–Kier alpha value is -3.13. The lowest BCUT2D eigenvalue weighted by Crippen LogP contribution is -2.54. The number of amides is 2. The number of rotatable bonds is 9. The smallest absolute Gasteiger partial charge is 0.408 e. The number of ether oxygens (including phenoxy) is 1. The van der Waals surface area contributed by atoms with Gasteiger partial charge in [0.25, 0.3) is 0 Å². The second kappa shape index (κ2) is 11.2. The van der Waals surface area contributed by atoms with Crippen molar-refractivity contribution in [1.82, 2.24) is 15.6 Å². The Morgan fingerprint density at radius 1 is 1.07 bits per heavy atom. The first-order chi connectivity index (χ1) is 14.3. The molecule has 0 radical (unpaired) electrons. The van der Waals surface area contributed by atoms with Crippen molar-refractivity contribution >= 4 is 29.6 Å². The monoisotopic (exact) mass is 433 g/mol. The lowest BCUT2D eigenvalue weighted by Gasteiger charge is -2.23. The van der Waals surface area contributed by atoms with Crippen LogP contribution < -0.4 is 10.6 Å². The van der Waals surface area contributed by atoms with Gasteiger partial charge in [0, 0.05) is 12.6 Å². The van der Waals surface area contributed by atoms with E-state index in [-0.39, 0.29) is 24.1 Å². The minimum absolute atomic E-state index is 0.0223. The van der Waals surface area contributed by atoms with Crippen LogP contribution >= 0.6 is 11.6 Å². The maximum Gasteiger partial charge on any atom is 0.408 e. The van der Waals surface area contributed by atoms with E-state index < -0.39 is 30.1 Å². The third-order valence-electron chi connectivity index (χ3n) is 4.28. The average Bonchev–Trinajstić information content (AvgIpc) is 2.71. The van der Waals surface area contributed by atoms with Crippen LogP contribution in [0.25, 0.3) is 0 Å². The summed E-state index contributed by atoms with van der Waals surface area (Å²) in [5.74, 6) is -2.11. The Kier molecular flexibility index (Phi) is 8.61. The van der Waals surface area contributed by atoms with E-state index in [4.69, 9.17) is 16.3 Å². The van der Waals surface area contributed by atoms with Crippen molar-refractivity contribution in [3.05, 3.63) is 64.9 Å². The highest BCUT2D eigenvalue weighted by atomic mass is 35.5. The average molecular weight is 434 g/mol. The summed E-state index contributed by atoms with van der Waals surface area (Å²) < 4.78 is 5.15. The zero-order valence-corrected chi connectivity index (χ0v) is 17.4. The Labute approximate surface area is 179 Å². The predicted octanol–water partition coefficient (Wildman–Crippen LogP) is 2.80. The van der Waals surface area contributed by atoms with Gasteiger partial charge in [-0.3, -0.25) is 4.79 Å². The molecular formula is C21H24ClN3O5. The number of nitrogens with zero attached hydrogens (tertiary/aromatic N) is 1. The number of carboxylic acid groups (broad SMARTS) is 1. The number of carboxylic acids is 1. The van der Waals surface area contributed by atoms with Gasteiger partial charge in [-0.1, -0.05) is 61.8 Å². The molecule has 2 rings (SSSR count).